The fourth-order valence-electron chi connectivity index (χ4n) is 7.40. The maximum atomic E-state index is 11.5. The second-order valence-electron chi connectivity index (χ2n) is 14.0. The molecule has 0 radical (unpaired) electrons. The number of hydrogen-bond donors (Lipinski definition) is 12. The predicted octanol–water partition coefficient (Wildman–Crippen LogP) is 2.70. The molecule has 0 amide bonds. The minimum atomic E-state index is -1.87. The Labute approximate surface area is 328 Å². The first-order valence-electron chi connectivity index (χ1n) is 17.8. The minimum absolute atomic E-state index is 0.00126. The van der Waals surface area contributed by atoms with Crippen molar-refractivity contribution in [1.29, 1.82) is 0 Å². The van der Waals surface area contributed by atoms with Crippen LogP contribution in [0.3, 0.4) is 0 Å². The number of phenolic OH excluding ortho intramolecular Hbond substituents is 7. The van der Waals surface area contributed by atoms with Crippen molar-refractivity contribution in [3.8, 4) is 74.6 Å². The van der Waals surface area contributed by atoms with Crippen molar-refractivity contribution < 1.29 is 89.4 Å². The van der Waals surface area contributed by atoms with Gasteiger partial charge < -0.3 is 85.0 Å². The number of phenols is 7. The van der Waals surface area contributed by atoms with E-state index in [9.17, 15) is 61.3 Å². The zero-order chi connectivity index (χ0) is 41.9. The average molecular weight is 810 g/mol. The van der Waals surface area contributed by atoms with Gasteiger partial charge in [0.25, 0.3) is 0 Å². The first kappa shape index (κ1) is 40.1. The molecule has 2 aliphatic heterocycles. The first-order chi connectivity index (χ1) is 27.6. The van der Waals surface area contributed by atoms with Crippen LogP contribution in [0.2, 0.25) is 0 Å². The van der Waals surface area contributed by atoms with E-state index in [1.54, 1.807) is 6.92 Å². The van der Waals surface area contributed by atoms with Crippen LogP contribution >= 0.6 is 0 Å². The van der Waals surface area contributed by atoms with Crippen LogP contribution in [0.1, 0.15) is 41.2 Å². The first-order valence-corrected chi connectivity index (χ1v) is 17.8. The molecule has 4 aromatic carbocycles. The zero-order valence-corrected chi connectivity index (χ0v) is 31.0. The summed E-state index contributed by atoms with van der Waals surface area (Å²) in [5.41, 5.74) is 0.189. The maximum absolute atomic E-state index is 11.5. The number of benzene rings is 4. The molecule has 1 aromatic heterocycles. The topological polar surface area (TPSA) is 300 Å². The molecule has 1 fully saturated rings. The van der Waals surface area contributed by atoms with Gasteiger partial charge in [-0.15, -0.1) is 0 Å². The Morgan fingerprint density at radius 2 is 1.38 bits per heavy atom. The molecule has 0 saturated carbocycles. The lowest BCUT2D eigenvalue weighted by Crippen LogP contribution is -2.60. The lowest BCUT2D eigenvalue weighted by atomic mass is 9.85. The van der Waals surface area contributed by atoms with E-state index in [-0.39, 0.29) is 79.7 Å². The molecule has 12 N–H and O–H groups in total. The fourth-order valence-corrected chi connectivity index (χ4v) is 7.40. The standard InChI is InChI=1S/C40H40O18/c1-14(30-23(46)11-20(43)17-9-25(48)36(57-38(17)30)15-4-5-19(42)22(45)6-15)31-24(47)12-21(44)18-10-28(55-40-35(52)34(51)33(50)29(13-41)56-40)37(58-39(18)31)16-7-26(53-2)32(49)27(8-16)54-3/h4-8,10-12,14,25,29,33-36,40-41,48,50-52H,9,13H2,1-3H3,(H6-,42,43,44,45,46,47,49)/p+1/t14?,25?,29-,33-,34+,35-,36+,40-/m1/s1. The van der Waals surface area contributed by atoms with Crippen LogP contribution < -0.4 is 18.9 Å². The molecule has 2 unspecified atom stereocenters. The van der Waals surface area contributed by atoms with Crippen molar-refractivity contribution in [1.82, 2.24) is 0 Å². The quantitative estimate of drug-likeness (QED) is 0.0752. The van der Waals surface area contributed by atoms with E-state index in [1.165, 1.54) is 50.6 Å². The Balaban J connectivity index is 1.43. The number of aliphatic hydroxyl groups is 5. The molecule has 1 saturated heterocycles. The molecular formula is C40H41O18+. The summed E-state index contributed by atoms with van der Waals surface area (Å²) >= 11 is 0. The second-order valence-corrected chi connectivity index (χ2v) is 14.0. The van der Waals surface area contributed by atoms with Gasteiger partial charge in [0.2, 0.25) is 17.8 Å². The van der Waals surface area contributed by atoms with Gasteiger partial charge in [0.15, 0.2) is 23.0 Å². The van der Waals surface area contributed by atoms with Gasteiger partial charge in [-0.2, -0.15) is 0 Å². The van der Waals surface area contributed by atoms with Gasteiger partial charge in [-0.05, 0) is 17.7 Å². The van der Waals surface area contributed by atoms with Crippen molar-refractivity contribution >= 4 is 11.0 Å². The minimum Gasteiger partial charge on any atom is -0.507 e. The van der Waals surface area contributed by atoms with E-state index < -0.39 is 89.9 Å². The van der Waals surface area contributed by atoms with Gasteiger partial charge in [-0.25, -0.2) is 4.42 Å². The van der Waals surface area contributed by atoms with Crippen LogP contribution in [0.25, 0.3) is 22.3 Å². The van der Waals surface area contributed by atoms with Crippen LogP contribution in [-0.4, -0.2) is 119 Å². The summed E-state index contributed by atoms with van der Waals surface area (Å²) in [7, 11) is 2.55. The number of rotatable bonds is 9. The van der Waals surface area contributed by atoms with Gasteiger partial charge in [0, 0.05) is 53.8 Å². The normalized spacial score (nSPS) is 23.5. The molecule has 7 rings (SSSR count). The van der Waals surface area contributed by atoms with Crippen molar-refractivity contribution in [3.63, 3.8) is 0 Å². The van der Waals surface area contributed by atoms with Gasteiger partial charge in [0.1, 0.15) is 70.2 Å². The number of ether oxygens (including phenoxy) is 5. The molecule has 3 heterocycles. The van der Waals surface area contributed by atoms with Gasteiger partial charge >= 0.3 is 11.3 Å². The Morgan fingerprint density at radius 1 is 0.724 bits per heavy atom. The Hall–Kier alpha value is -6.15. The van der Waals surface area contributed by atoms with Crippen molar-refractivity contribution in [3.05, 3.63) is 70.8 Å². The lowest BCUT2D eigenvalue weighted by Gasteiger charge is -2.39. The van der Waals surface area contributed by atoms with E-state index in [2.05, 4.69) is 0 Å². The van der Waals surface area contributed by atoms with Crippen LogP contribution in [-0.2, 0) is 11.2 Å². The van der Waals surface area contributed by atoms with Gasteiger partial charge in [0.05, 0.1) is 32.5 Å². The maximum Gasteiger partial charge on any atom is 0.402 e. The number of aliphatic hydroxyl groups excluding tert-OH is 5. The number of fused-ring (bicyclic) bond motifs is 2. The largest absolute Gasteiger partial charge is 0.507 e. The van der Waals surface area contributed by atoms with Crippen LogP contribution in [0.15, 0.2) is 52.9 Å². The Bertz CT molecular complexity index is 2350. The SMILES string of the molecule is COc1cc(-c2[o+]c3c(C(C)c4c(O)cc(O)c5c4O[C@@H](c4ccc(O)c(O)c4)C(O)C5)c(O)cc(O)c3cc2O[C@@H]2O[C@H](CO)[C@@H](O)[C@H](O)[C@H]2O)cc(OC)c1O. The van der Waals surface area contributed by atoms with E-state index in [0.29, 0.717) is 0 Å². The summed E-state index contributed by atoms with van der Waals surface area (Å²) in [5.74, 6) is -5.12. The molecule has 0 spiro atoms. The molecule has 58 heavy (non-hydrogen) atoms. The smallest absolute Gasteiger partial charge is 0.402 e. The highest BCUT2D eigenvalue weighted by Crippen LogP contribution is 2.54. The third-order valence-corrected chi connectivity index (χ3v) is 10.4. The summed E-state index contributed by atoms with van der Waals surface area (Å²) in [4.78, 5) is 0. The predicted molar refractivity (Wildman–Crippen MR) is 199 cm³/mol. The third kappa shape index (κ3) is 6.74. The van der Waals surface area contributed by atoms with Crippen molar-refractivity contribution in [2.24, 2.45) is 0 Å². The van der Waals surface area contributed by atoms with Gasteiger partial charge in [-0.1, -0.05) is 13.0 Å². The molecule has 0 aliphatic carbocycles. The van der Waals surface area contributed by atoms with E-state index in [4.69, 9.17) is 28.1 Å². The molecule has 8 atom stereocenters. The molecule has 0 bridgehead atoms. The van der Waals surface area contributed by atoms with Crippen LogP contribution in [0, 0.1) is 0 Å². The third-order valence-electron chi connectivity index (χ3n) is 10.4. The molecule has 18 nitrogen and oxygen atoms in total. The molecule has 2 aliphatic rings. The van der Waals surface area contributed by atoms with Crippen molar-refractivity contribution in [2.75, 3.05) is 20.8 Å². The summed E-state index contributed by atoms with van der Waals surface area (Å²) < 4.78 is 35.0. The molecule has 5 aromatic rings. The van der Waals surface area contributed by atoms with E-state index in [0.717, 1.165) is 12.1 Å². The molecular weight excluding hydrogens is 768 g/mol. The number of hydrogen-bond acceptors (Lipinski definition) is 17. The number of aromatic hydroxyl groups is 7. The highest BCUT2D eigenvalue weighted by Gasteiger charge is 2.46. The van der Waals surface area contributed by atoms with E-state index >= 15 is 0 Å². The summed E-state index contributed by atoms with van der Waals surface area (Å²) in [5, 5.41) is 128. The van der Waals surface area contributed by atoms with Crippen molar-refractivity contribution in [2.45, 2.75) is 62.2 Å². The second kappa shape index (κ2) is 15.3. The van der Waals surface area contributed by atoms with Gasteiger partial charge in [-0.3, -0.25) is 0 Å². The average Bonchev–Trinajstić information content (AvgIpc) is 3.19. The summed E-state index contributed by atoms with van der Waals surface area (Å²) in [6.07, 6.45) is -11.1. The van der Waals surface area contributed by atoms with E-state index in [1.807, 2.05) is 0 Å². The Kier molecular flexibility index (Phi) is 10.6. The highest BCUT2D eigenvalue weighted by atomic mass is 16.7. The monoisotopic (exact) mass is 809 g/mol. The highest BCUT2D eigenvalue weighted by molar-refractivity contribution is 5.92. The Morgan fingerprint density at radius 3 is 2.02 bits per heavy atom. The molecule has 18 heteroatoms. The lowest BCUT2D eigenvalue weighted by molar-refractivity contribution is -0.277. The summed E-state index contributed by atoms with van der Waals surface area (Å²) in [6.45, 7) is 0.788. The number of methoxy groups -OCH3 is 2. The summed E-state index contributed by atoms with van der Waals surface area (Å²) in [6, 6.07) is 9.75. The fraction of sp³-hybridized carbons (Fsp3) is 0.325. The molecule has 308 valence electrons. The van der Waals surface area contributed by atoms with Crippen LogP contribution in [0.4, 0.5) is 0 Å². The zero-order valence-electron chi connectivity index (χ0n) is 31.0. The van der Waals surface area contributed by atoms with Crippen LogP contribution in [0.5, 0.6) is 63.2 Å².